The van der Waals surface area contributed by atoms with E-state index in [0.717, 1.165) is 25.7 Å². The minimum Gasteiger partial charge on any atom is -0.493 e. The number of hydrogen-bond donors (Lipinski definition) is 3. The second-order valence-corrected chi connectivity index (χ2v) is 6.93. The van der Waals surface area contributed by atoms with Crippen LogP contribution in [0.15, 0.2) is 18.2 Å². The lowest BCUT2D eigenvalue weighted by atomic mass is 9.84. The number of benzene rings is 1. The second kappa shape index (κ2) is 9.68. The fourth-order valence-corrected chi connectivity index (χ4v) is 3.47. The molecular weight excluding hydrogens is 350 g/mol. The summed E-state index contributed by atoms with van der Waals surface area (Å²) >= 11 is 0. The number of aliphatic hydroxyl groups excluding tert-OH is 1. The third-order valence-electron chi connectivity index (χ3n) is 5.08. The minimum atomic E-state index is -1.53. The Kier molecular flexibility index (Phi) is 7.58. The predicted molar refractivity (Wildman–Crippen MR) is 100 cm³/mol. The van der Waals surface area contributed by atoms with Gasteiger partial charge in [-0.3, -0.25) is 9.59 Å². The summed E-state index contributed by atoms with van der Waals surface area (Å²) in [6.45, 7) is 0. The molecule has 0 aromatic heterocycles. The van der Waals surface area contributed by atoms with Gasteiger partial charge in [-0.15, -0.1) is 0 Å². The maximum atomic E-state index is 12.5. The fraction of sp³-hybridized carbons (Fsp3) is 0.579. The molecule has 0 heterocycles. The van der Waals surface area contributed by atoms with Gasteiger partial charge in [0.2, 0.25) is 0 Å². The number of carbonyl (C=O) groups is 2. The summed E-state index contributed by atoms with van der Waals surface area (Å²) in [5, 5.41) is 10.7. The number of nitrogens with zero attached hydrogens (tertiary/aromatic N) is 1. The SMILES string of the molecule is COc1ccc(C(=O)N(N)C(=O)C(O)[C@H](N)CC2CCCCC2)cc1OC. The molecule has 2 amide bonds. The van der Waals surface area contributed by atoms with Gasteiger partial charge in [-0.2, -0.15) is 0 Å². The smallest absolute Gasteiger partial charge is 0.275 e. The first-order chi connectivity index (χ1) is 12.9. The van der Waals surface area contributed by atoms with Crippen LogP contribution < -0.4 is 21.1 Å². The number of hydrazine groups is 1. The molecular formula is C19H29N3O5. The molecule has 0 spiro atoms. The molecule has 1 aliphatic rings. The van der Waals surface area contributed by atoms with E-state index in [2.05, 4.69) is 0 Å². The van der Waals surface area contributed by atoms with Crippen LogP contribution in [0.4, 0.5) is 0 Å². The van der Waals surface area contributed by atoms with Crippen molar-refractivity contribution in [2.24, 2.45) is 17.5 Å². The molecule has 1 fully saturated rings. The number of imide groups is 1. The van der Waals surface area contributed by atoms with Crippen molar-refractivity contribution in [1.29, 1.82) is 0 Å². The van der Waals surface area contributed by atoms with E-state index in [1.54, 1.807) is 0 Å². The summed E-state index contributed by atoms with van der Waals surface area (Å²) in [6.07, 6.45) is 4.59. The number of methoxy groups -OCH3 is 2. The van der Waals surface area contributed by atoms with E-state index >= 15 is 0 Å². The molecule has 1 unspecified atom stereocenters. The zero-order chi connectivity index (χ0) is 20.0. The Morgan fingerprint density at radius 1 is 1.19 bits per heavy atom. The van der Waals surface area contributed by atoms with Crippen molar-refractivity contribution in [3.63, 3.8) is 0 Å². The third kappa shape index (κ3) is 5.18. The van der Waals surface area contributed by atoms with Gasteiger partial charge in [0.25, 0.3) is 11.8 Å². The summed E-state index contributed by atoms with van der Waals surface area (Å²) in [5.41, 5.74) is 6.14. The molecule has 2 atom stereocenters. The van der Waals surface area contributed by atoms with Crippen LogP contribution in [0.3, 0.4) is 0 Å². The lowest BCUT2D eigenvalue weighted by Crippen LogP contribution is -2.53. The van der Waals surface area contributed by atoms with Crippen LogP contribution >= 0.6 is 0 Å². The summed E-state index contributed by atoms with van der Waals surface area (Å²) in [4.78, 5) is 24.9. The van der Waals surface area contributed by atoms with E-state index in [0.29, 0.717) is 28.8 Å². The van der Waals surface area contributed by atoms with Gasteiger partial charge in [0, 0.05) is 11.6 Å². The van der Waals surface area contributed by atoms with E-state index in [-0.39, 0.29) is 5.56 Å². The minimum absolute atomic E-state index is 0.136. The number of hydrogen-bond acceptors (Lipinski definition) is 7. The maximum absolute atomic E-state index is 12.5. The Labute approximate surface area is 159 Å². The summed E-state index contributed by atoms with van der Waals surface area (Å²) in [6, 6.07) is 3.66. The molecule has 2 rings (SSSR count). The average molecular weight is 379 g/mol. The zero-order valence-corrected chi connectivity index (χ0v) is 15.9. The Balaban J connectivity index is 2.03. The molecule has 8 nitrogen and oxygen atoms in total. The van der Waals surface area contributed by atoms with Crippen molar-refractivity contribution in [3.8, 4) is 11.5 Å². The van der Waals surface area contributed by atoms with E-state index in [1.807, 2.05) is 0 Å². The topological polar surface area (TPSA) is 128 Å². The van der Waals surface area contributed by atoms with Crippen molar-refractivity contribution < 1.29 is 24.2 Å². The summed E-state index contributed by atoms with van der Waals surface area (Å²) < 4.78 is 10.3. The van der Waals surface area contributed by atoms with E-state index in [4.69, 9.17) is 21.1 Å². The highest BCUT2D eigenvalue weighted by Gasteiger charge is 2.32. The molecule has 1 aromatic carbocycles. The number of aliphatic hydroxyl groups is 1. The van der Waals surface area contributed by atoms with Crippen LogP contribution in [-0.2, 0) is 4.79 Å². The third-order valence-corrected chi connectivity index (χ3v) is 5.08. The Morgan fingerprint density at radius 3 is 2.41 bits per heavy atom. The maximum Gasteiger partial charge on any atom is 0.275 e. The van der Waals surface area contributed by atoms with Gasteiger partial charge in [0.05, 0.1) is 14.2 Å². The Hall–Kier alpha value is -2.16. The Bertz CT molecular complexity index is 661. The van der Waals surface area contributed by atoms with Crippen LogP contribution in [0.1, 0.15) is 48.9 Å². The number of nitrogens with two attached hydrogens (primary N) is 2. The van der Waals surface area contributed by atoms with Crippen LogP contribution in [0.2, 0.25) is 0 Å². The van der Waals surface area contributed by atoms with Crippen molar-refractivity contribution in [2.45, 2.75) is 50.7 Å². The largest absolute Gasteiger partial charge is 0.493 e. The van der Waals surface area contributed by atoms with Crippen LogP contribution in [0.5, 0.6) is 11.5 Å². The number of ether oxygens (including phenoxy) is 2. The molecule has 1 saturated carbocycles. The zero-order valence-electron chi connectivity index (χ0n) is 15.9. The van der Waals surface area contributed by atoms with E-state index in [9.17, 15) is 14.7 Å². The molecule has 0 bridgehead atoms. The molecule has 8 heteroatoms. The monoisotopic (exact) mass is 379 g/mol. The Morgan fingerprint density at radius 2 is 1.81 bits per heavy atom. The van der Waals surface area contributed by atoms with Crippen LogP contribution in [0, 0.1) is 5.92 Å². The molecule has 5 N–H and O–H groups in total. The van der Waals surface area contributed by atoms with Gasteiger partial charge in [-0.1, -0.05) is 32.1 Å². The van der Waals surface area contributed by atoms with E-state index in [1.165, 1.54) is 38.8 Å². The molecule has 0 radical (unpaired) electrons. The molecule has 1 aromatic rings. The highest BCUT2D eigenvalue weighted by Crippen LogP contribution is 2.29. The molecule has 0 saturated heterocycles. The first kappa shape index (κ1) is 21.1. The van der Waals surface area contributed by atoms with Gasteiger partial charge in [0.15, 0.2) is 11.5 Å². The number of amides is 2. The fourth-order valence-electron chi connectivity index (χ4n) is 3.47. The van der Waals surface area contributed by atoms with Gasteiger partial charge in [0.1, 0.15) is 6.10 Å². The van der Waals surface area contributed by atoms with Crippen molar-refractivity contribution in [3.05, 3.63) is 23.8 Å². The van der Waals surface area contributed by atoms with Crippen LogP contribution in [-0.4, -0.2) is 48.3 Å². The summed E-state index contributed by atoms with van der Waals surface area (Å²) in [5.74, 6) is 5.16. The first-order valence-corrected chi connectivity index (χ1v) is 9.17. The normalized spacial score (nSPS) is 17.1. The summed E-state index contributed by atoms with van der Waals surface area (Å²) in [7, 11) is 2.91. The second-order valence-electron chi connectivity index (χ2n) is 6.93. The highest BCUT2D eigenvalue weighted by atomic mass is 16.5. The standard InChI is InChI=1S/C19H29N3O5/c1-26-15-9-8-13(11-16(15)27-2)18(24)22(21)19(25)17(23)14(20)10-12-6-4-3-5-7-12/h8-9,11-12,14,17,23H,3-7,10,20-21H2,1-2H3/t14-,17?/m1/s1. The van der Waals surface area contributed by atoms with Crippen molar-refractivity contribution in [1.82, 2.24) is 5.01 Å². The van der Waals surface area contributed by atoms with Gasteiger partial charge in [-0.25, -0.2) is 10.9 Å². The van der Waals surface area contributed by atoms with Gasteiger partial charge >= 0.3 is 0 Å². The van der Waals surface area contributed by atoms with Crippen molar-refractivity contribution in [2.75, 3.05) is 14.2 Å². The average Bonchev–Trinajstić information content (AvgIpc) is 2.71. The molecule has 150 valence electrons. The quantitative estimate of drug-likeness (QED) is 0.369. The number of carbonyl (C=O) groups excluding carboxylic acids is 2. The predicted octanol–water partition coefficient (Wildman–Crippen LogP) is 1.20. The van der Waals surface area contributed by atoms with Crippen LogP contribution in [0.25, 0.3) is 0 Å². The highest BCUT2D eigenvalue weighted by molar-refractivity contribution is 6.05. The number of rotatable bonds is 7. The molecule has 1 aliphatic carbocycles. The van der Waals surface area contributed by atoms with Gasteiger partial charge < -0.3 is 20.3 Å². The lowest BCUT2D eigenvalue weighted by molar-refractivity contribution is -0.138. The molecule has 27 heavy (non-hydrogen) atoms. The van der Waals surface area contributed by atoms with Gasteiger partial charge in [-0.05, 0) is 30.5 Å². The first-order valence-electron chi connectivity index (χ1n) is 9.17. The molecule has 0 aliphatic heterocycles. The lowest BCUT2D eigenvalue weighted by Gasteiger charge is -2.28. The van der Waals surface area contributed by atoms with Crippen molar-refractivity contribution >= 4 is 11.8 Å². The van der Waals surface area contributed by atoms with E-state index < -0.39 is 24.0 Å².